The molecule has 1 aromatic rings. The van der Waals surface area contributed by atoms with Crippen molar-refractivity contribution in [3.8, 4) is 0 Å². The van der Waals surface area contributed by atoms with Gasteiger partial charge in [0.05, 0.1) is 6.04 Å². The Morgan fingerprint density at radius 1 is 1.53 bits per heavy atom. The van der Waals surface area contributed by atoms with Gasteiger partial charge in [-0.15, -0.1) is 0 Å². The fourth-order valence-electron chi connectivity index (χ4n) is 1.27. The van der Waals surface area contributed by atoms with E-state index in [1.807, 2.05) is 4.68 Å². The van der Waals surface area contributed by atoms with Gasteiger partial charge in [0.1, 0.15) is 12.7 Å². The number of aliphatic carboxylic acids is 1. The number of hydrogen-bond acceptors (Lipinski definition) is 4. The van der Waals surface area contributed by atoms with E-state index in [2.05, 4.69) is 15.4 Å². The van der Waals surface area contributed by atoms with E-state index in [9.17, 15) is 13.2 Å². The summed E-state index contributed by atoms with van der Waals surface area (Å²) in [6.45, 7) is 2.13. The Morgan fingerprint density at radius 2 is 2.18 bits per heavy atom. The van der Waals surface area contributed by atoms with Crippen molar-refractivity contribution in [2.45, 2.75) is 18.6 Å². The number of hydrogen-bond donors (Lipinski definition) is 2. The zero-order valence-corrected chi connectivity index (χ0v) is 8.68. The largest absolute Gasteiger partial charge is 0.490 e. The van der Waals surface area contributed by atoms with Crippen LogP contribution < -0.4 is 5.32 Å². The van der Waals surface area contributed by atoms with Gasteiger partial charge in [-0.25, -0.2) is 14.5 Å². The van der Waals surface area contributed by atoms with Crippen LogP contribution in [-0.4, -0.2) is 45.1 Å². The summed E-state index contributed by atoms with van der Waals surface area (Å²) < 4.78 is 33.7. The maximum absolute atomic E-state index is 10.6. The molecule has 2 heterocycles. The molecule has 0 saturated carbocycles. The zero-order chi connectivity index (χ0) is 12.9. The first kappa shape index (κ1) is 13.4. The molecule has 1 aliphatic rings. The Labute approximate surface area is 94.5 Å². The van der Waals surface area contributed by atoms with Crippen molar-refractivity contribution >= 4 is 5.97 Å². The summed E-state index contributed by atoms with van der Waals surface area (Å²) in [6, 6.07) is 0.530. The number of carbonyl (C=O) groups is 1. The van der Waals surface area contributed by atoms with Gasteiger partial charge in [0.15, 0.2) is 0 Å². The topological polar surface area (TPSA) is 80.0 Å². The van der Waals surface area contributed by atoms with Gasteiger partial charge in [0, 0.05) is 6.54 Å². The van der Waals surface area contributed by atoms with Crippen molar-refractivity contribution in [1.29, 1.82) is 0 Å². The number of halogens is 3. The van der Waals surface area contributed by atoms with E-state index >= 15 is 0 Å². The highest BCUT2D eigenvalue weighted by atomic mass is 19.4. The number of aromatic nitrogens is 3. The van der Waals surface area contributed by atoms with Crippen LogP contribution in [0.4, 0.5) is 13.2 Å². The molecule has 0 amide bonds. The summed E-state index contributed by atoms with van der Waals surface area (Å²) in [7, 11) is 0. The quantitative estimate of drug-likeness (QED) is 0.758. The molecule has 9 heteroatoms. The summed E-state index contributed by atoms with van der Waals surface area (Å²) in [5.41, 5.74) is 0. The van der Waals surface area contributed by atoms with Crippen molar-refractivity contribution in [2.24, 2.45) is 0 Å². The van der Waals surface area contributed by atoms with E-state index in [-0.39, 0.29) is 0 Å². The third kappa shape index (κ3) is 4.39. The maximum Gasteiger partial charge on any atom is 0.490 e. The molecule has 17 heavy (non-hydrogen) atoms. The third-order valence-corrected chi connectivity index (χ3v) is 2.09. The van der Waals surface area contributed by atoms with Crippen molar-refractivity contribution in [2.75, 3.05) is 13.1 Å². The van der Waals surface area contributed by atoms with Gasteiger partial charge in [-0.3, -0.25) is 0 Å². The van der Waals surface area contributed by atoms with Gasteiger partial charge in [-0.1, -0.05) is 0 Å². The van der Waals surface area contributed by atoms with Crippen molar-refractivity contribution in [1.82, 2.24) is 20.1 Å². The van der Waals surface area contributed by atoms with Crippen LogP contribution in [0.15, 0.2) is 12.7 Å². The molecule has 0 aliphatic carbocycles. The molecule has 0 bridgehead atoms. The van der Waals surface area contributed by atoms with Crippen LogP contribution in [0.3, 0.4) is 0 Å². The van der Waals surface area contributed by atoms with Gasteiger partial charge in [-0.2, -0.15) is 18.3 Å². The van der Waals surface area contributed by atoms with Crippen LogP contribution in [-0.2, 0) is 4.79 Å². The standard InChI is InChI=1S/C6H10N4.C2HF3O2/c1-2-7-3-6(1)10-5-8-4-9-10;3-2(4,5)1(6)7/h4-7H,1-3H2;(H,6,7)/t6-;/m0./s1. The maximum atomic E-state index is 10.6. The molecule has 1 aliphatic heterocycles. The van der Waals surface area contributed by atoms with Crippen molar-refractivity contribution in [3.05, 3.63) is 12.7 Å². The highest BCUT2D eigenvalue weighted by molar-refractivity contribution is 5.73. The molecule has 6 nitrogen and oxygen atoms in total. The lowest BCUT2D eigenvalue weighted by Crippen LogP contribution is -2.21. The molecule has 1 aromatic heterocycles. The molecule has 2 rings (SSSR count). The van der Waals surface area contributed by atoms with Crippen LogP contribution >= 0.6 is 0 Å². The van der Waals surface area contributed by atoms with Crippen LogP contribution in [0.5, 0.6) is 0 Å². The molecule has 96 valence electrons. The van der Waals surface area contributed by atoms with Crippen LogP contribution in [0, 0.1) is 0 Å². The van der Waals surface area contributed by atoms with Crippen LogP contribution in [0.2, 0.25) is 0 Å². The predicted octanol–water partition coefficient (Wildman–Crippen LogP) is 0.446. The Bertz CT molecular complexity index is 346. The molecule has 1 saturated heterocycles. The van der Waals surface area contributed by atoms with E-state index in [0.717, 1.165) is 13.1 Å². The molecule has 1 fully saturated rings. The Balaban J connectivity index is 0.000000185. The summed E-state index contributed by atoms with van der Waals surface area (Å²) >= 11 is 0. The minimum atomic E-state index is -5.08. The predicted molar refractivity (Wildman–Crippen MR) is 50.2 cm³/mol. The van der Waals surface area contributed by atoms with Crippen LogP contribution in [0.1, 0.15) is 12.5 Å². The Kier molecular flexibility index (Phi) is 4.44. The summed E-state index contributed by atoms with van der Waals surface area (Å²) in [5.74, 6) is -2.76. The lowest BCUT2D eigenvalue weighted by Gasteiger charge is -2.05. The van der Waals surface area contributed by atoms with Gasteiger partial charge in [-0.05, 0) is 13.0 Å². The van der Waals surface area contributed by atoms with Gasteiger partial charge in [0.2, 0.25) is 0 Å². The van der Waals surface area contributed by atoms with Gasteiger partial charge >= 0.3 is 12.1 Å². The number of carboxylic acid groups (broad SMARTS) is 1. The molecule has 0 unspecified atom stereocenters. The lowest BCUT2D eigenvalue weighted by atomic mass is 10.3. The second-order valence-corrected chi connectivity index (χ2v) is 3.33. The number of carboxylic acids is 1. The second-order valence-electron chi connectivity index (χ2n) is 3.33. The van der Waals surface area contributed by atoms with Gasteiger partial charge < -0.3 is 10.4 Å². The zero-order valence-electron chi connectivity index (χ0n) is 8.68. The van der Waals surface area contributed by atoms with Crippen LogP contribution in [0.25, 0.3) is 0 Å². The average molecular weight is 252 g/mol. The number of nitrogens with one attached hydrogen (secondary N) is 1. The first-order valence-corrected chi connectivity index (χ1v) is 4.76. The number of nitrogens with zero attached hydrogens (tertiary/aromatic N) is 3. The smallest absolute Gasteiger partial charge is 0.475 e. The normalized spacial score (nSPS) is 19.6. The SMILES string of the molecule is O=C(O)C(F)(F)F.c1ncn([C@H]2CCNC2)n1. The molecule has 0 spiro atoms. The highest BCUT2D eigenvalue weighted by Crippen LogP contribution is 2.13. The molecule has 0 aromatic carbocycles. The summed E-state index contributed by atoms with van der Waals surface area (Å²) in [5, 5.41) is 14.5. The number of alkyl halides is 3. The summed E-state index contributed by atoms with van der Waals surface area (Å²) in [6.07, 6.45) is -0.556. The van der Waals surface area contributed by atoms with Crippen molar-refractivity contribution < 1.29 is 23.1 Å². The van der Waals surface area contributed by atoms with E-state index in [0.29, 0.717) is 6.04 Å². The van der Waals surface area contributed by atoms with Gasteiger partial charge in [0.25, 0.3) is 0 Å². The second kappa shape index (κ2) is 5.62. The van der Waals surface area contributed by atoms with E-state index < -0.39 is 12.1 Å². The van der Waals surface area contributed by atoms with E-state index in [1.54, 1.807) is 12.7 Å². The molecule has 0 radical (unpaired) electrons. The summed E-state index contributed by atoms with van der Waals surface area (Å²) in [4.78, 5) is 12.8. The number of rotatable bonds is 1. The highest BCUT2D eigenvalue weighted by Gasteiger charge is 2.38. The monoisotopic (exact) mass is 252 g/mol. The van der Waals surface area contributed by atoms with E-state index in [4.69, 9.17) is 9.90 Å². The first-order chi connectivity index (χ1) is 7.91. The Hall–Kier alpha value is -1.64. The fourth-order valence-corrected chi connectivity index (χ4v) is 1.27. The van der Waals surface area contributed by atoms with Crippen molar-refractivity contribution in [3.63, 3.8) is 0 Å². The first-order valence-electron chi connectivity index (χ1n) is 4.76. The minimum absolute atomic E-state index is 0.530. The molecule has 1 atom stereocenters. The lowest BCUT2D eigenvalue weighted by molar-refractivity contribution is -0.192. The minimum Gasteiger partial charge on any atom is -0.475 e. The molecular formula is C8H11F3N4O2. The average Bonchev–Trinajstić information content (AvgIpc) is 2.90. The van der Waals surface area contributed by atoms with E-state index in [1.165, 1.54) is 6.42 Å². The Morgan fingerprint density at radius 3 is 2.53 bits per heavy atom. The molecule has 2 N–H and O–H groups in total. The molecular weight excluding hydrogens is 241 g/mol. The fraction of sp³-hybridized carbons (Fsp3) is 0.625. The third-order valence-electron chi connectivity index (χ3n) is 2.09.